The molecule has 5 nitrogen and oxygen atoms in total. The Labute approximate surface area is 96.1 Å². The Hall–Kier alpha value is -0.620. The molecule has 2 fully saturated rings. The molecule has 2 aliphatic rings. The molecule has 0 bridgehead atoms. The zero-order valence-corrected chi connectivity index (χ0v) is 10.5. The van der Waals surface area contributed by atoms with E-state index in [-0.39, 0.29) is 29.0 Å². The molecule has 0 aromatic rings. The summed E-state index contributed by atoms with van der Waals surface area (Å²) in [6.45, 7) is 4.95. The number of rotatable bonds is 1. The van der Waals surface area contributed by atoms with E-state index in [1.807, 2.05) is 13.8 Å². The number of hydrogen-bond acceptors (Lipinski definition) is 4. The molecular formula is C10H18N2O3S. The van der Waals surface area contributed by atoms with Gasteiger partial charge < -0.3 is 10.2 Å². The highest BCUT2D eigenvalue weighted by molar-refractivity contribution is 7.91. The van der Waals surface area contributed by atoms with Gasteiger partial charge >= 0.3 is 0 Å². The second-order valence-corrected chi connectivity index (χ2v) is 7.54. The Morgan fingerprint density at radius 1 is 1.44 bits per heavy atom. The van der Waals surface area contributed by atoms with Gasteiger partial charge in [0.15, 0.2) is 9.84 Å². The molecule has 0 spiro atoms. The van der Waals surface area contributed by atoms with Crippen molar-refractivity contribution in [3.63, 3.8) is 0 Å². The van der Waals surface area contributed by atoms with Crippen molar-refractivity contribution in [1.82, 2.24) is 10.2 Å². The maximum absolute atomic E-state index is 11.7. The fraction of sp³-hybridized carbons (Fsp3) is 0.900. The van der Waals surface area contributed by atoms with Crippen LogP contribution in [-0.2, 0) is 14.6 Å². The standard InChI is InChI=1S/C10H18N2O3S/c1-10(2)7-12(9(13)5-11-10)8-3-4-16(14,15)6-8/h8,11H,3-7H2,1-2H3. The highest BCUT2D eigenvalue weighted by atomic mass is 32.2. The monoisotopic (exact) mass is 246 g/mol. The van der Waals surface area contributed by atoms with Gasteiger partial charge in [0.2, 0.25) is 5.91 Å². The molecule has 2 aliphatic heterocycles. The predicted molar refractivity (Wildman–Crippen MR) is 60.9 cm³/mol. The molecule has 16 heavy (non-hydrogen) atoms. The van der Waals surface area contributed by atoms with Crippen LogP contribution in [0.15, 0.2) is 0 Å². The van der Waals surface area contributed by atoms with Crippen molar-refractivity contribution >= 4 is 15.7 Å². The van der Waals surface area contributed by atoms with E-state index in [2.05, 4.69) is 5.32 Å². The zero-order chi connectivity index (χ0) is 12.0. The third kappa shape index (κ3) is 2.38. The lowest BCUT2D eigenvalue weighted by Crippen LogP contribution is -2.62. The van der Waals surface area contributed by atoms with Crippen molar-refractivity contribution in [3.8, 4) is 0 Å². The van der Waals surface area contributed by atoms with Gasteiger partial charge in [-0.05, 0) is 20.3 Å². The Balaban J connectivity index is 2.11. The summed E-state index contributed by atoms with van der Waals surface area (Å²) in [6.07, 6.45) is 0.587. The fourth-order valence-electron chi connectivity index (χ4n) is 2.34. The Morgan fingerprint density at radius 3 is 2.69 bits per heavy atom. The summed E-state index contributed by atoms with van der Waals surface area (Å²) in [5, 5.41) is 3.14. The van der Waals surface area contributed by atoms with Gasteiger partial charge in [0.25, 0.3) is 0 Å². The molecule has 1 amide bonds. The van der Waals surface area contributed by atoms with E-state index in [0.717, 1.165) is 0 Å². The van der Waals surface area contributed by atoms with Crippen LogP contribution in [0.25, 0.3) is 0 Å². The van der Waals surface area contributed by atoms with Crippen molar-refractivity contribution in [2.75, 3.05) is 24.6 Å². The number of hydrogen-bond donors (Lipinski definition) is 1. The van der Waals surface area contributed by atoms with E-state index in [1.54, 1.807) is 4.90 Å². The van der Waals surface area contributed by atoms with Crippen LogP contribution in [0.4, 0.5) is 0 Å². The molecule has 2 heterocycles. The summed E-state index contributed by atoms with van der Waals surface area (Å²) in [6, 6.07) is -0.112. The quantitative estimate of drug-likeness (QED) is 0.670. The molecule has 0 aliphatic carbocycles. The van der Waals surface area contributed by atoms with Crippen LogP contribution in [0.3, 0.4) is 0 Å². The second kappa shape index (κ2) is 3.70. The lowest BCUT2D eigenvalue weighted by molar-refractivity contribution is -0.136. The summed E-state index contributed by atoms with van der Waals surface area (Å²) in [4.78, 5) is 13.5. The molecule has 0 saturated carbocycles. The van der Waals surface area contributed by atoms with Crippen LogP contribution in [0.5, 0.6) is 0 Å². The highest BCUT2D eigenvalue weighted by Gasteiger charge is 2.39. The third-order valence-corrected chi connectivity index (χ3v) is 5.00. The molecule has 2 rings (SSSR count). The molecule has 0 radical (unpaired) electrons. The van der Waals surface area contributed by atoms with Gasteiger partial charge in [0.05, 0.1) is 18.1 Å². The van der Waals surface area contributed by atoms with Crippen LogP contribution in [0, 0.1) is 0 Å². The minimum atomic E-state index is -2.92. The lowest BCUT2D eigenvalue weighted by Gasteiger charge is -2.41. The number of nitrogens with one attached hydrogen (secondary N) is 1. The van der Waals surface area contributed by atoms with Crippen LogP contribution < -0.4 is 5.32 Å². The van der Waals surface area contributed by atoms with Gasteiger partial charge in [-0.3, -0.25) is 4.79 Å². The smallest absolute Gasteiger partial charge is 0.236 e. The van der Waals surface area contributed by atoms with Gasteiger partial charge in [0.1, 0.15) is 0 Å². The van der Waals surface area contributed by atoms with E-state index >= 15 is 0 Å². The Kier molecular flexibility index (Phi) is 2.74. The van der Waals surface area contributed by atoms with Crippen LogP contribution >= 0.6 is 0 Å². The van der Waals surface area contributed by atoms with Crippen LogP contribution in [0.1, 0.15) is 20.3 Å². The molecule has 6 heteroatoms. The SMILES string of the molecule is CC1(C)CN(C2CCS(=O)(=O)C2)C(=O)CN1. The van der Waals surface area contributed by atoms with Crippen molar-refractivity contribution < 1.29 is 13.2 Å². The highest BCUT2D eigenvalue weighted by Crippen LogP contribution is 2.22. The molecule has 0 aromatic heterocycles. The van der Waals surface area contributed by atoms with Gasteiger partial charge in [0, 0.05) is 18.1 Å². The number of piperazine rings is 1. The van der Waals surface area contributed by atoms with E-state index in [4.69, 9.17) is 0 Å². The molecule has 1 unspecified atom stereocenters. The third-order valence-electron chi connectivity index (χ3n) is 3.25. The summed E-state index contributed by atoms with van der Waals surface area (Å²) in [7, 11) is -2.92. The summed E-state index contributed by atoms with van der Waals surface area (Å²) in [5.74, 6) is 0.367. The Bertz CT molecular complexity index is 402. The van der Waals surface area contributed by atoms with E-state index in [1.165, 1.54) is 0 Å². The van der Waals surface area contributed by atoms with Crippen molar-refractivity contribution in [3.05, 3.63) is 0 Å². The first-order chi connectivity index (χ1) is 7.29. The van der Waals surface area contributed by atoms with Crippen molar-refractivity contribution in [2.24, 2.45) is 0 Å². The Morgan fingerprint density at radius 2 is 2.12 bits per heavy atom. The van der Waals surface area contributed by atoms with Crippen molar-refractivity contribution in [2.45, 2.75) is 31.8 Å². The van der Waals surface area contributed by atoms with Crippen LogP contribution in [0.2, 0.25) is 0 Å². The molecule has 92 valence electrons. The number of amides is 1. The number of nitrogens with zero attached hydrogens (tertiary/aromatic N) is 1. The average Bonchev–Trinajstić information content (AvgIpc) is 2.50. The number of carbonyl (C=O) groups excluding carboxylic acids is 1. The summed E-state index contributed by atoms with van der Waals surface area (Å²) in [5.41, 5.74) is -0.125. The maximum atomic E-state index is 11.7. The zero-order valence-electron chi connectivity index (χ0n) is 9.69. The van der Waals surface area contributed by atoms with Gasteiger partial charge in [-0.15, -0.1) is 0 Å². The van der Waals surface area contributed by atoms with Crippen LogP contribution in [-0.4, -0.2) is 55.4 Å². The van der Waals surface area contributed by atoms with Crippen molar-refractivity contribution in [1.29, 1.82) is 0 Å². The lowest BCUT2D eigenvalue weighted by atomic mass is 10.00. The van der Waals surface area contributed by atoms with Gasteiger partial charge in [-0.1, -0.05) is 0 Å². The van der Waals surface area contributed by atoms with E-state index < -0.39 is 9.84 Å². The largest absolute Gasteiger partial charge is 0.336 e. The molecule has 1 atom stereocenters. The summed E-state index contributed by atoms with van der Waals surface area (Å²) < 4.78 is 22.8. The molecule has 2 saturated heterocycles. The second-order valence-electron chi connectivity index (χ2n) is 5.32. The van der Waals surface area contributed by atoms with Gasteiger partial charge in [-0.25, -0.2) is 8.42 Å². The molecule has 0 aromatic carbocycles. The first-order valence-corrected chi connectivity index (χ1v) is 7.36. The average molecular weight is 246 g/mol. The van der Waals surface area contributed by atoms with E-state index in [9.17, 15) is 13.2 Å². The van der Waals surface area contributed by atoms with E-state index in [0.29, 0.717) is 19.5 Å². The molecular weight excluding hydrogens is 228 g/mol. The number of carbonyl (C=O) groups is 1. The first kappa shape index (κ1) is 11.9. The normalized spacial score (nSPS) is 33.0. The minimum Gasteiger partial charge on any atom is -0.336 e. The minimum absolute atomic E-state index is 0.0152. The molecule has 1 N–H and O–H groups in total. The fourth-order valence-corrected chi connectivity index (χ4v) is 4.07. The first-order valence-electron chi connectivity index (χ1n) is 5.54. The van der Waals surface area contributed by atoms with Gasteiger partial charge in [-0.2, -0.15) is 0 Å². The number of sulfone groups is 1. The maximum Gasteiger partial charge on any atom is 0.236 e. The summed E-state index contributed by atoms with van der Waals surface area (Å²) >= 11 is 0. The predicted octanol–water partition coefficient (Wildman–Crippen LogP) is -0.616. The topological polar surface area (TPSA) is 66.5 Å².